The number of halogens is 2. The summed E-state index contributed by atoms with van der Waals surface area (Å²) in [6.45, 7) is 0.395. The van der Waals surface area contributed by atoms with Crippen molar-refractivity contribution in [3.05, 3.63) is 76.8 Å². The largest absolute Gasteiger partial charge is 0.337 e. The van der Waals surface area contributed by atoms with Crippen LogP contribution in [-0.2, 0) is 23.6 Å². The van der Waals surface area contributed by atoms with E-state index in [0.717, 1.165) is 23.8 Å². The Morgan fingerprint density at radius 2 is 1.93 bits per heavy atom. The van der Waals surface area contributed by atoms with Gasteiger partial charge in [0, 0.05) is 43.7 Å². The van der Waals surface area contributed by atoms with Crippen molar-refractivity contribution in [3.63, 3.8) is 0 Å². The quantitative estimate of drug-likeness (QED) is 0.642. The van der Waals surface area contributed by atoms with Crippen molar-refractivity contribution in [3.8, 4) is 0 Å². The molecule has 0 unspecified atom stereocenters. The molecule has 0 aliphatic rings. The van der Waals surface area contributed by atoms with Crippen molar-refractivity contribution in [2.75, 3.05) is 11.8 Å². The van der Waals surface area contributed by atoms with E-state index in [1.54, 1.807) is 25.0 Å². The van der Waals surface area contributed by atoms with Crippen molar-refractivity contribution < 1.29 is 17.6 Å². The highest BCUT2D eigenvalue weighted by Gasteiger charge is 2.17. The average molecular weight is 437 g/mol. The van der Waals surface area contributed by atoms with Gasteiger partial charge in [-0.3, -0.25) is 14.2 Å². The summed E-state index contributed by atoms with van der Waals surface area (Å²) in [5.74, 6) is -0.919. The molecule has 0 spiro atoms. The number of aryl methyl sites for hydroxylation is 1. The normalized spacial score (nSPS) is 11.3. The molecule has 0 fully saturated rings. The summed E-state index contributed by atoms with van der Waals surface area (Å²) < 4.78 is 42.1. The van der Waals surface area contributed by atoms with E-state index in [-0.39, 0.29) is 21.5 Å². The van der Waals surface area contributed by atoms with Crippen LogP contribution in [0.15, 0.2) is 59.8 Å². The lowest BCUT2D eigenvalue weighted by Gasteiger charge is -2.16. The van der Waals surface area contributed by atoms with Crippen LogP contribution >= 0.6 is 11.6 Å². The van der Waals surface area contributed by atoms with Crippen LogP contribution in [0.5, 0.6) is 0 Å². The first-order valence-electron chi connectivity index (χ1n) is 8.46. The molecule has 7 nitrogen and oxygen atoms in total. The summed E-state index contributed by atoms with van der Waals surface area (Å²) in [7, 11) is -0.479. The minimum atomic E-state index is -3.95. The zero-order chi connectivity index (χ0) is 21.2. The minimum absolute atomic E-state index is 0.166. The second-order valence-corrected chi connectivity index (χ2v) is 8.53. The highest BCUT2D eigenvalue weighted by Crippen LogP contribution is 2.22. The first kappa shape index (κ1) is 20.8. The van der Waals surface area contributed by atoms with Crippen LogP contribution in [0.25, 0.3) is 0 Å². The van der Waals surface area contributed by atoms with Crippen molar-refractivity contribution in [1.29, 1.82) is 0 Å². The van der Waals surface area contributed by atoms with Gasteiger partial charge in [-0.25, -0.2) is 12.8 Å². The SMILES string of the molecule is CN(Cc1cnn(C)c1)C(=O)c1ccc(NS(=O)(=O)c2ccc(F)c(Cl)c2)cc1. The maximum absolute atomic E-state index is 13.3. The van der Waals surface area contributed by atoms with Gasteiger partial charge in [0.1, 0.15) is 5.82 Å². The number of nitrogens with zero attached hydrogens (tertiary/aromatic N) is 3. The molecule has 1 heterocycles. The predicted molar refractivity (Wildman–Crippen MR) is 108 cm³/mol. The predicted octanol–water partition coefficient (Wildman–Crippen LogP) is 3.29. The summed E-state index contributed by atoms with van der Waals surface area (Å²) in [6.07, 6.45) is 3.51. The molecule has 3 aromatic rings. The Balaban J connectivity index is 1.70. The van der Waals surface area contributed by atoms with E-state index in [4.69, 9.17) is 11.6 Å². The third-order valence-corrected chi connectivity index (χ3v) is 5.78. The monoisotopic (exact) mass is 436 g/mol. The zero-order valence-electron chi connectivity index (χ0n) is 15.6. The van der Waals surface area contributed by atoms with Crippen molar-refractivity contribution >= 4 is 33.2 Å². The van der Waals surface area contributed by atoms with Crippen LogP contribution in [-0.4, -0.2) is 36.1 Å². The van der Waals surface area contributed by atoms with E-state index >= 15 is 0 Å². The Morgan fingerprint density at radius 3 is 2.52 bits per heavy atom. The fraction of sp³-hybridized carbons (Fsp3) is 0.158. The fourth-order valence-electron chi connectivity index (χ4n) is 2.66. The van der Waals surface area contributed by atoms with E-state index in [1.807, 2.05) is 6.20 Å². The van der Waals surface area contributed by atoms with Crippen LogP contribution in [0.3, 0.4) is 0 Å². The topological polar surface area (TPSA) is 84.3 Å². The molecular weight excluding hydrogens is 419 g/mol. The lowest BCUT2D eigenvalue weighted by atomic mass is 10.2. The molecule has 1 amide bonds. The molecule has 0 aliphatic carbocycles. The number of aromatic nitrogens is 2. The molecule has 152 valence electrons. The molecule has 0 saturated heterocycles. The summed E-state index contributed by atoms with van der Waals surface area (Å²) in [4.78, 5) is 13.9. The van der Waals surface area contributed by atoms with Gasteiger partial charge in [-0.05, 0) is 42.5 Å². The average Bonchev–Trinajstić information content (AvgIpc) is 3.08. The van der Waals surface area contributed by atoms with Crippen LogP contribution < -0.4 is 4.72 Å². The van der Waals surface area contributed by atoms with Crippen molar-refractivity contribution in [1.82, 2.24) is 14.7 Å². The van der Waals surface area contributed by atoms with Gasteiger partial charge in [-0.2, -0.15) is 5.10 Å². The number of benzene rings is 2. The van der Waals surface area contributed by atoms with Crippen LogP contribution in [0.1, 0.15) is 15.9 Å². The molecule has 2 aromatic carbocycles. The molecular formula is C19H18ClFN4O3S. The van der Waals surface area contributed by atoms with Gasteiger partial charge >= 0.3 is 0 Å². The second kappa shape index (κ2) is 8.22. The van der Waals surface area contributed by atoms with Crippen LogP contribution in [0, 0.1) is 5.82 Å². The van der Waals surface area contributed by atoms with Gasteiger partial charge in [0.05, 0.1) is 16.1 Å². The zero-order valence-corrected chi connectivity index (χ0v) is 17.2. The van der Waals surface area contributed by atoms with Gasteiger partial charge < -0.3 is 4.90 Å². The number of hydrogen-bond donors (Lipinski definition) is 1. The minimum Gasteiger partial charge on any atom is -0.337 e. The molecule has 29 heavy (non-hydrogen) atoms. The summed E-state index contributed by atoms with van der Waals surface area (Å²) >= 11 is 5.65. The number of carbonyl (C=O) groups is 1. The lowest BCUT2D eigenvalue weighted by Crippen LogP contribution is -2.26. The highest BCUT2D eigenvalue weighted by atomic mass is 35.5. The fourth-order valence-corrected chi connectivity index (χ4v) is 3.99. The number of hydrogen-bond acceptors (Lipinski definition) is 4. The standard InChI is InChI=1S/C19H18ClFN4O3S/c1-24(11-13-10-22-25(2)12-13)19(26)14-3-5-15(6-4-14)23-29(27,28)16-7-8-18(21)17(20)9-16/h3-10,12,23H,11H2,1-2H3. The molecule has 0 aliphatic heterocycles. The van der Waals surface area contributed by atoms with Crippen molar-refractivity contribution in [2.45, 2.75) is 11.4 Å². The molecule has 0 bridgehead atoms. The molecule has 1 aromatic heterocycles. The van der Waals surface area contributed by atoms with E-state index in [1.165, 1.54) is 29.2 Å². The van der Waals surface area contributed by atoms with Crippen LogP contribution in [0.4, 0.5) is 10.1 Å². The number of rotatable bonds is 6. The van der Waals surface area contributed by atoms with E-state index in [0.29, 0.717) is 12.1 Å². The summed E-state index contributed by atoms with van der Waals surface area (Å²) in [5, 5.41) is 3.78. The second-order valence-electron chi connectivity index (χ2n) is 6.44. The Morgan fingerprint density at radius 1 is 1.24 bits per heavy atom. The third kappa shape index (κ3) is 4.93. The molecule has 10 heteroatoms. The van der Waals surface area contributed by atoms with E-state index in [2.05, 4.69) is 9.82 Å². The van der Waals surface area contributed by atoms with Crippen LogP contribution in [0.2, 0.25) is 5.02 Å². The maximum Gasteiger partial charge on any atom is 0.261 e. The third-order valence-electron chi connectivity index (χ3n) is 4.11. The molecule has 3 rings (SSSR count). The summed E-state index contributed by atoms with van der Waals surface area (Å²) in [5.41, 5.74) is 1.56. The molecule has 0 radical (unpaired) electrons. The van der Waals surface area contributed by atoms with Gasteiger partial charge in [0.25, 0.3) is 15.9 Å². The number of sulfonamides is 1. The molecule has 0 saturated carbocycles. The number of amides is 1. The van der Waals surface area contributed by atoms with Gasteiger partial charge in [0.2, 0.25) is 0 Å². The lowest BCUT2D eigenvalue weighted by molar-refractivity contribution is 0.0785. The number of carbonyl (C=O) groups excluding carboxylic acids is 1. The highest BCUT2D eigenvalue weighted by molar-refractivity contribution is 7.92. The van der Waals surface area contributed by atoms with Gasteiger partial charge in [-0.1, -0.05) is 11.6 Å². The number of anilines is 1. The Bertz CT molecular complexity index is 1150. The van der Waals surface area contributed by atoms with E-state index in [9.17, 15) is 17.6 Å². The number of nitrogens with one attached hydrogen (secondary N) is 1. The van der Waals surface area contributed by atoms with Gasteiger partial charge in [0.15, 0.2) is 0 Å². The van der Waals surface area contributed by atoms with Crippen molar-refractivity contribution in [2.24, 2.45) is 7.05 Å². The molecule has 1 N–H and O–H groups in total. The molecule has 0 atom stereocenters. The Kier molecular flexibility index (Phi) is 5.90. The first-order chi connectivity index (χ1) is 13.7. The smallest absolute Gasteiger partial charge is 0.261 e. The first-order valence-corrected chi connectivity index (χ1v) is 10.3. The van der Waals surface area contributed by atoms with Gasteiger partial charge in [-0.15, -0.1) is 0 Å². The Labute approximate surface area is 172 Å². The maximum atomic E-state index is 13.3. The Hall–Kier alpha value is -2.91. The van der Waals surface area contributed by atoms with E-state index < -0.39 is 15.8 Å². The summed E-state index contributed by atoms with van der Waals surface area (Å²) in [6, 6.07) is 9.15.